The summed E-state index contributed by atoms with van der Waals surface area (Å²) in [6.45, 7) is 0. The van der Waals surface area contributed by atoms with E-state index in [2.05, 4.69) is 15.5 Å². The number of hydrogen-bond acceptors (Lipinski definition) is 3. The SMILES string of the molecule is COC1(CC(=O)Nc2ccn[nH]2)CCC1. The highest BCUT2D eigenvalue weighted by Gasteiger charge is 2.38. The summed E-state index contributed by atoms with van der Waals surface area (Å²) in [6, 6.07) is 1.72. The summed E-state index contributed by atoms with van der Waals surface area (Å²) in [5.74, 6) is 0.603. The summed E-state index contributed by atoms with van der Waals surface area (Å²) < 4.78 is 5.38. The number of carbonyl (C=O) groups excluding carboxylic acids is 1. The molecule has 0 atom stereocenters. The van der Waals surface area contributed by atoms with E-state index in [4.69, 9.17) is 4.74 Å². The minimum absolute atomic E-state index is 0.0270. The van der Waals surface area contributed by atoms with Gasteiger partial charge in [0.15, 0.2) is 0 Å². The standard InChI is InChI=1S/C10H15N3O2/c1-15-10(4-2-5-10)7-9(14)12-8-3-6-11-13-8/h3,6H,2,4-5,7H2,1H3,(H2,11,12,13,14). The van der Waals surface area contributed by atoms with Crippen molar-refractivity contribution in [3.05, 3.63) is 12.3 Å². The van der Waals surface area contributed by atoms with Gasteiger partial charge < -0.3 is 10.1 Å². The number of H-pyrrole nitrogens is 1. The summed E-state index contributed by atoms with van der Waals surface area (Å²) in [5, 5.41) is 9.18. The van der Waals surface area contributed by atoms with Crippen molar-refractivity contribution >= 4 is 11.7 Å². The molecular formula is C10H15N3O2. The number of nitrogens with zero attached hydrogens (tertiary/aromatic N) is 1. The van der Waals surface area contributed by atoms with Crippen LogP contribution in [-0.2, 0) is 9.53 Å². The van der Waals surface area contributed by atoms with E-state index >= 15 is 0 Å². The average Bonchev–Trinajstić information content (AvgIpc) is 2.64. The third-order valence-electron chi connectivity index (χ3n) is 2.96. The van der Waals surface area contributed by atoms with E-state index in [0.717, 1.165) is 19.3 Å². The summed E-state index contributed by atoms with van der Waals surface area (Å²) in [5.41, 5.74) is -0.218. The maximum Gasteiger partial charge on any atom is 0.228 e. The Bertz CT molecular complexity index is 325. The molecule has 1 amide bonds. The van der Waals surface area contributed by atoms with E-state index in [1.165, 1.54) is 0 Å². The molecule has 1 aliphatic rings. The maximum atomic E-state index is 11.6. The van der Waals surface area contributed by atoms with Crippen LogP contribution >= 0.6 is 0 Å². The van der Waals surface area contributed by atoms with E-state index in [1.807, 2.05) is 0 Å². The Kier molecular flexibility index (Phi) is 2.73. The smallest absolute Gasteiger partial charge is 0.228 e. The Labute approximate surface area is 88.2 Å². The number of anilines is 1. The minimum atomic E-state index is -0.218. The summed E-state index contributed by atoms with van der Waals surface area (Å²) >= 11 is 0. The average molecular weight is 209 g/mol. The van der Waals surface area contributed by atoms with E-state index in [1.54, 1.807) is 19.4 Å². The Balaban J connectivity index is 1.87. The first kappa shape index (κ1) is 10.2. The zero-order valence-corrected chi connectivity index (χ0v) is 8.75. The van der Waals surface area contributed by atoms with Gasteiger partial charge in [0, 0.05) is 13.2 Å². The molecule has 0 radical (unpaired) electrons. The number of ether oxygens (including phenoxy) is 1. The normalized spacial score (nSPS) is 18.2. The van der Waals surface area contributed by atoms with Gasteiger partial charge >= 0.3 is 0 Å². The quantitative estimate of drug-likeness (QED) is 0.785. The van der Waals surface area contributed by atoms with Gasteiger partial charge in [-0.25, -0.2) is 0 Å². The minimum Gasteiger partial charge on any atom is -0.378 e. The lowest BCUT2D eigenvalue weighted by atomic mass is 9.77. The van der Waals surface area contributed by atoms with Crippen LogP contribution in [-0.4, -0.2) is 28.8 Å². The number of aromatic amines is 1. The van der Waals surface area contributed by atoms with E-state index < -0.39 is 0 Å². The van der Waals surface area contributed by atoms with Crippen LogP contribution in [0.1, 0.15) is 25.7 Å². The predicted molar refractivity (Wildman–Crippen MR) is 55.4 cm³/mol. The number of nitrogens with one attached hydrogen (secondary N) is 2. The third kappa shape index (κ3) is 2.18. The number of aromatic nitrogens is 2. The van der Waals surface area contributed by atoms with Crippen molar-refractivity contribution in [3.63, 3.8) is 0 Å². The van der Waals surface area contributed by atoms with Crippen LogP contribution in [0.15, 0.2) is 12.3 Å². The molecule has 15 heavy (non-hydrogen) atoms. The van der Waals surface area contributed by atoms with Crippen LogP contribution in [0.5, 0.6) is 0 Å². The summed E-state index contributed by atoms with van der Waals surface area (Å²) in [6.07, 6.45) is 5.11. The Morgan fingerprint density at radius 2 is 2.53 bits per heavy atom. The highest BCUT2D eigenvalue weighted by atomic mass is 16.5. The Morgan fingerprint density at radius 1 is 1.73 bits per heavy atom. The predicted octanol–water partition coefficient (Wildman–Crippen LogP) is 1.31. The zero-order valence-electron chi connectivity index (χ0n) is 8.75. The maximum absolute atomic E-state index is 11.6. The van der Waals surface area contributed by atoms with Crippen molar-refractivity contribution in [2.45, 2.75) is 31.3 Å². The number of rotatable bonds is 4. The molecule has 1 heterocycles. The van der Waals surface area contributed by atoms with Gasteiger partial charge in [-0.2, -0.15) is 5.10 Å². The highest BCUT2D eigenvalue weighted by molar-refractivity contribution is 5.90. The van der Waals surface area contributed by atoms with Crippen molar-refractivity contribution in [2.75, 3.05) is 12.4 Å². The topological polar surface area (TPSA) is 67.0 Å². The molecule has 2 rings (SSSR count). The van der Waals surface area contributed by atoms with Crippen molar-refractivity contribution in [2.24, 2.45) is 0 Å². The largest absolute Gasteiger partial charge is 0.378 e. The van der Waals surface area contributed by atoms with Crippen LogP contribution in [0, 0.1) is 0 Å². The highest BCUT2D eigenvalue weighted by Crippen LogP contribution is 2.38. The fourth-order valence-electron chi connectivity index (χ4n) is 1.84. The van der Waals surface area contributed by atoms with Gasteiger partial charge in [0.05, 0.1) is 18.2 Å². The van der Waals surface area contributed by atoms with Crippen LogP contribution in [0.3, 0.4) is 0 Å². The molecular weight excluding hydrogens is 194 g/mol. The molecule has 1 saturated carbocycles. The number of carbonyl (C=O) groups is 1. The lowest BCUT2D eigenvalue weighted by Gasteiger charge is -2.39. The number of amides is 1. The molecule has 1 aromatic heterocycles. The fraction of sp³-hybridized carbons (Fsp3) is 0.600. The molecule has 5 nitrogen and oxygen atoms in total. The van der Waals surface area contributed by atoms with Gasteiger partial charge in [-0.3, -0.25) is 9.89 Å². The van der Waals surface area contributed by atoms with Gasteiger partial charge in [-0.15, -0.1) is 0 Å². The first-order valence-electron chi connectivity index (χ1n) is 5.08. The molecule has 1 aromatic rings. The first-order chi connectivity index (χ1) is 7.24. The number of hydrogen-bond donors (Lipinski definition) is 2. The zero-order chi connectivity index (χ0) is 10.7. The lowest BCUT2D eigenvalue weighted by Crippen LogP contribution is -2.42. The second kappa shape index (κ2) is 4.02. The molecule has 0 aromatic carbocycles. The van der Waals surface area contributed by atoms with Crippen LogP contribution in [0.4, 0.5) is 5.82 Å². The molecule has 0 unspecified atom stereocenters. The second-order valence-electron chi connectivity index (χ2n) is 3.94. The van der Waals surface area contributed by atoms with Crippen molar-refractivity contribution in [1.29, 1.82) is 0 Å². The molecule has 0 aliphatic heterocycles. The first-order valence-corrected chi connectivity index (χ1v) is 5.08. The molecule has 1 aliphatic carbocycles. The summed E-state index contributed by atoms with van der Waals surface area (Å²) in [4.78, 5) is 11.6. The van der Waals surface area contributed by atoms with Crippen molar-refractivity contribution in [1.82, 2.24) is 10.2 Å². The van der Waals surface area contributed by atoms with Gasteiger partial charge in [0.25, 0.3) is 0 Å². The van der Waals surface area contributed by atoms with Crippen LogP contribution in [0.2, 0.25) is 0 Å². The van der Waals surface area contributed by atoms with Crippen LogP contribution < -0.4 is 5.32 Å². The molecule has 5 heteroatoms. The fourth-order valence-corrected chi connectivity index (χ4v) is 1.84. The summed E-state index contributed by atoms with van der Waals surface area (Å²) in [7, 11) is 1.67. The molecule has 82 valence electrons. The van der Waals surface area contributed by atoms with Crippen LogP contribution in [0.25, 0.3) is 0 Å². The Hall–Kier alpha value is -1.36. The van der Waals surface area contributed by atoms with Crippen molar-refractivity contribution in [3.8, 4) is 0 Å². The van der Waals surface area contributed by atoms with E-state index in [9.17, 15) is 4.79 Å². The van der Waals surface area contributed by atoms with E-state index in [0.29, 0.717) is 12.2 Å². The van der Waals surface area contributed by atoms with Crippen molar-refractivity contribution < 1.29 is 9.53 Å². The van der Waals surface area contributed by atoms with E-state index in [-0.39, 0.29) is 11.5 Å². The lowest BCUT2D eigenvalue weighted by molar-refractivity contribution is -0.129. The molecule has 0 spiro atoms. The molecule has 0 bridgehead atoms. The second-order valence-corrected chi connectivity index (χ2v) is 3.94. The third-order valence-corrected chi connectivity index (χ3v) is 2.96. The molecule has 2 N–H and O–H groups in total. The molecule has 0 saturated heterocycles. The van der Waals surface area contributed by atoms with Gasteiger partial charge in [-0.1, -0.05) is 0 Å². The van der Waals surface area contributed by atoms with Gasteiger partial charge in [-0.05, 0) is 19.3 Å². The number of methoxy groups -OCH3 is 1. The Morgan fingerprint density at radius 3 is 3.00 bits per heavy atom. The molecule has 1 fully saturated rings. The monoisotopic (exact) mass is 209 g/mol. The van der Waals surface area contributed by atoms with Gasteiger partial charge in [0.2, 0.25) is 5.91 Å². The van der Waals surface area contributed by atoms with Gasteiger partial charge in [0.1, 0.15) is 5.82 Å².